The zero-order chi connectivity index (χ0) is 32.0. The predicted octanol–water partition coefficient (Wildman–Crippen LogP) is 7.12. The summed E-state index contributed by atoms with van der Waals surface area (Å²) in [6.45, 7) is 0.0451. The zero-order valence-electron chi connectivity index (χ0n) is 23.7. The van der Waals surface area contributed by atoms with E-state index in [2.05, 4.69) is 26.8 Å². The fourth-order valence-electron chi connectivity index (χ4n) is 4.93. The number of hydrogen-bond acceptors (Lipinski definition) is 6. The number of hydrazine groups is 1. The number of aliphatic hydroxyl groups is 1. The van der Waals surface area contributed by atoms with Gasteiger partial charge in [-0.3, -0.25) is 10.2 Å². The van der Waals surface area contributed by atoms with E-state index in [1.165, 1.54) is 6.07 Å². The Hall–Kier alpha value is -3.54. The van der Waals surface area contributed by atoms with Gasteiger partial charge < -0.3 is 14.6 Å². The molecule has 45 heavy (non-hydrogen) atoms. The van der Waals surface area contributed by atoms with Crippen molar-refractivity contribution in [2.45, 2.75) is 31.0 Å². The molecule has 0 fully saturated rings. The first-order chi connectivity index (χ1) is 21.7. The minimum atomic E-state index is -1.65. The highest BCUT2D eigenvalue weighted by atomic mass is 79.9. The van der Waals surface area contributed by atoms with Crippen LogP contribution in [0, 0.1) is 11.6 Å². The molecule has 234 valence electrons. The van der Waals surface area contributed by atoms with Crippen molar-refractivity contribution >= 4 is 50.9 Å². The van der Waals surface area contributed by atoms with Crippen molar-refractivity contribution in [3.05, 3.63) is 133 Å². The third-order valence-electron chi connectivity index (χ3n) is 7.22. The van der Waals surface area contributed by atoms with Gasteiger partial charge in [0, 0.05) is 57.2 Å². The smallest absolute Gasteiger partial charge is 0.266 e. The third kappa shape index (κ3) is 7.48. The van der Waals surface area contributed by atoms with Gasteiger partial charge in [0.15, 0.2) is 11.6 Å². The van der Waals surface area contributed by atoms with Crippen molar-refractivity contribution in [2.24, 2.45) is 4.99 Å². The van der Waals surface area contributed by atoms with Crippen LogP contribution in [0.3, 0.4) is 0 Å². The van der Waals surface area contributed by atoms with E-state index in [9.17, 15) is 13.6 Å². The van der Waals surface area contributed by atoms with Crippen LogP contribution in [0.2, 0.25) is 10.0 Å². The van der Waals surface area contributed by atoms with Crippen molar-refractivity contribution in [3.8, 4) is 5.75 Å². The molecule has 1 aliphatic rings. The molecule has 5 rings (SSSR count). The lowest BCUT2D eigenvalue weighted by Gasteiger charge is -2.31. The highest BCUT2D eigenvalue weighted by molar-refractivity contribution is 9.10. The van der Waals surface area contributed by atoms with Gasteiger partial charge in [-0.15, -0.1) is 0 Å². The molecule has 1 aliphatic heterocycles. The van der Waals surface area contributed by atoms with Crippen LogP contribution in [0.1, 0.15) is 34.8 Å². The number of carbonyl (C=O) groups is 1. The van der Waals surface area contributed by atoms with E-state index in [-0.39, 0.29) is 36.1 Å². The fraction of sp³-hybridized carbons (Fsp3) is 0.212. The summed E-state index contributed by atoms with van der Waals surface area (Å²) in [5.74, 6) is -1.36. The number of carbonyl (C=O) groups excluding carboxylic acids is 1. The molecule has 0 saturated carbocycles. The second-order valence-electron chi connectivity index (χ2n) is 10.2. The molecule has 0 aromatic heterocycles. The molecule has 0 spiro atoms. The number of nitrogens with one attached hydrogen (secondary N) is 2. The van der Waals surface area contributed by atoms with Gasteiger partial charge in [0.1, 0.15) is 17.4 Å². The largest absolute Gasteiger partial charge is 0.494 e. The highest BCUT2D eigenvalue weighted by Crippen LogP contribution is 2.45. The Morgan fingerprint density at radius 1 is 1.02 bits per heavy atom. The van der Waals surface area contributed by atoms with E-state index in [1.54, 1.807) is 42.5 Å². The fourth-order valence-corrected chi connectivity index (χ4v) is 5.86. The number of aliphatic imine (C=N–C) groups is 1. The molecular weight excluding hydrogens is 691 g/mol. The van der Waals surface area contributed by atoms with E-state index in [1.807, 2.05) is 24.3 Å². The number of benzene rings is 4. The van der Waals surface area contributed by atoms with E-state index in [0.717, 1.165) is 22.2 Å². The summed E-state index contributed by atoms with van der Waals surface area (Å²) in [6, 6.07) is 22.8. The molecule has 0 unspecified atom stereocenters. The molecule has 0 radical (unpaired) electrons. The van der Waals surface area contributed by atoms with Crippen molar-refractivity contribution in [1.82, 2.24) is 10.9 Å². The van der Waals surface area contributed by atoms with Crippen LogP contribution >= 0.6 is 39.1 Å². The van der Waals surface area contributed by atoms with Crippen molar-refractivity contribution in [2.75, 3.05) is 13.2 Å². The molecule has 4 aromatic carbocycles. The molecular formula is C33H28BrCl2F2N3O4. The molecule has 0 saturated heterocycles. The third-order valence-corrected chi connectivity index (χ3v) is 8.56. The Balaban J connectivity index is 1.56. The number of nitrogens with zero attached hydrogens (tertiary/aromatic N) is 1. The summed E-state index contributed by atoms with van der Waals surface area (Å²) >= 11 is 16.5. The molecule has 1 heterocycles. The Kier molecular flexibility index (Phi) is 10.7. The number of amides is 1. The topological polar surface area (TPSA) is 92.2 Å². The van der Waals surface area contributed by atoms with Crippen LogP contribution in [0.5, 0.6) is 5.75 Å². The Morgan fingerprint density at radius 3 is 2.44 bits per heavy atom. The summed E-state index contributed by atoms with van der Waals surface area (Å²) in [4.78, 5) is 19.2. The van der Waals surface area contributed by atoms with E-state index < -0.39 is 29.2 Å². The monoisotopic (exact) mass is 717 g/mol. The molecule has 0 aliphatic carbocycles. The molecule has 1 amide bonds. The Bertz CT molecular complexity index is 1690. The number of hydrogen-bond donors (Lipinski definition) is 3. The standard InChI is InChI=1S/C33H28BrCl2F2N3O4/c34-26-6-2-1-5-21(26)18-33(32(43)41-39-19-25-28(37)7-3-8-29(25)38)30(24-14-11-22(35)17-27(24)36)45-31(40-33)20-9-12-23(13-10-20)44-16-4-15-42/h1-3,5-14,17,30,39,42H,4,15-16,18-19H2,(H,41,43)/t30-,33-/m0/s1. The molecule has 2 atom stereocenters. The average Bonchev–Trinajstić information content (AvgIpc) is 3.40. The summed E-state index contributed by atoms with van der Waals surface area (Å²) in [6.07, 6.45) is -0.478. The molecule has 12 heteroatoms. The molecule has 0 bridgehead atoms. The predicted molar refractivity (Wildman–Crippen MR) is 172 cm³/mol. The summed E-state index contributed by atoms with van der Waals surface area (Å²) < 4.78 is 41.5. The summed E-state index contributed by atoms with van der Waals surface area (Å²) in [5.41, 5.74) is 5.19. The number of ether oxygens (including phenoxy) is 2. The average molecular weight is 719 g/mol. The molecule has 4 aromatic rings. The van der Waals surface area contributed by atoms with Crippen LogP contribution in [-0.2, 0) is 22.5 Å². The maximum atomic E-state index is 14.3. The Labute approximate surface area is 277 Å². The van der Waals surface area contributed by atoms with Gasteiger partial charge in [0.05, 0.1) is 6.61 Å². The first-order valence-electron chi connectivity index (χ1n) is 14.0. The van der Waals surface area contributed by atoms with Gasteiger partial charge in [0.2, 0.25) is 5.90 Å². The lowest BCUT2D eigenvalue weighted by Crippen LogP contribution is -2.53. The first kappa shape index (κ1) is 32.8. The van der Waals surface area contributed by atoms with Crippen LogP contribution in [-0.4, -0.2) is 35.7 Å². The van der Waals surface area contributed by atoms with E-state index in [0.29, 0.717) is 34.9 Å². The number of rotatable bonds is 12. The molecule has 7 nitrogen and oxygen atoms in total. The SMILES string of the molecule is O=C(NNCc1c(F)cccc1F)[C@@]1(Cc2ccccc2Br)N=C(c2ccc(OCCCO)cc2)O[C@H]1c1ccc(Cl)cc1Cl. The highest BCUT2D eigenvalue weighted by Gasteiger charge is 2.54. The first-order valence-corrected chi connectivity index (χ1v) is 15.5. The van der Waals surface area contributed by atoms with Gasteiger partial charge in [-0.1, -0.05) is 69.5 Å². The van der Waals surface area contributed by atoms with Crippen molar-refractivity contribution in [3.63, 3.8) is 0 Å². The van der Waals surface area contributed by atoms with Crippen LogP contribution < -0.4 is 15.6 Å². The van der Waals surface area contributed by atoms with Crippen LogP contribution in [0.15, 0.2) is 94.4 Å². The van der Waals surface area contributed by atoms with E-state index in [4.69, 9.17) is 42.8 Å². The van der Waals surface area contributed by atoms with Gasteiger partial charge in [-0.05, 0) is 60.2 Å². The molecule has 3 N–H and O–H groups in total. The second-order valence-corrected chi connectivity index (χ2v) is 11.9. The number of halogens is 5. The summed E-state index contributed by atoms with van der Waals surface area (Å²) in [5, 5.41) is 9.70. The maximum absolute atomic E-state index is 14.3. The van der Waals surface area contributed by atoms with E-state index >= 15 is 0 Å². The van der Waals surface area contributed by atoms with Crippen LogP contribution in [0.4, 0.5) is 8.78 Å². The number of aliphatic hydroxyl groups excluding tert-OH is 1. The summed E-state index contributed by atoms with van der Waals surface area (Å²) in [7, 11) is 0. The van der Waals surface area contributed by atoms with Gasteiger partial charge >= 0.3 is 0 Å². The van der Waals surface area contributed by atoms with Gasteiger partial charge in [-0.2, -0.15) is 0 Å². The van der Waals surface area contributed by atoms with Crippen molar-refractivity contribution in [1.29, 1.82) is 0 Å². The van der Waals surface area contributed by atoms with Gasteiger partial charge in [-0.25, -0.2) is 19.2 Å². The van der Waals surface area contributed by atoms with Crippen molar-refractivity contribution < 1.29 is 28.2 Å². The van der Waals surface area contributed by atoms with Crippen LogP contribution in [0.25, 0.3) is 0 Å². The zero-order valence-corrected chi connectivity index (χ0v) is 26.8. The second kappa shape index (κ2) is 14.7. The maximum Gasteiger partial charge on any atom is 0.266 e. The minimum absolute atomic E-state index is 0.0170. The Morgan fingerprint density at radius 2 is 1.76 bits per heavy atom. The minimum Gasteiger partial charge on any atom is -0.494 e. The quantitative estimate of drug-likeness (QED) is 0.107. The van der Waals surface area contributed by atoms with Gasteiger partial charge in [0.25, 0.3) is 5.91 Å². The normalized spacial score (nSPS) is 17.5. The lowest BCUT2D eigenvalue weighted by molar-refractivity contribution is -0.130. The lowest BCUT2D eigenvalue weighted by atomic mass is 9.82.